The second-order valence-electron chi connectivity index (χ2n) is 2.73. The molecule has 2 N–H and O–H groups in total. The van der Waals surface area contributed by atoms with Gasteiger partial charge < -0.3 is 11.8 Å². The Morgan fingerprint density at radius 3 is 2.73 bits per heavy atom. The zero-order chi connectivity index (χ0) is 7.40. The van der Waals surface area contributed by atoms with E-state index in [1.54, 1.807) is 0 Å². The Labute approximate surface area is 90.3 Å². The van der Waals surface area contributed by atoms with E-state index in [-0.39, 0.29) is 31.0 Å². The molecule has 3 nitrogen and oxygen atoms in total. The van der Waals surface area contributed by atoms with Crippen molar-refractivity contribution >= 4 is 5.97 Å². The third kappa shape index (κ3) is 6.81. The fraction of sp³-hybridized carbons (Fsp3) is 0.857. The molecule has 1 saturated carbocycles. The third-order valence-corrected chi connectivity index (χ3v) is 1.58. The van der Waals surface area contributed by atoms with E-state index in [4.69, 9.17) is 5.11 Å². The van der Waals surface area contributed by atoms with E-state index in [1.807, 2.05) is 0 Å². The van der Waals surface area contributed by atoms with Gasteiger partial charge in [0.05, 0.1) is 0 Å². The fourth-order valence-corrected chi connectivity index (χ4v) is 0.833. The first-order valence-corrected chi connectivity index (χ1v) is 3.74. The van der Waals surface area contributed by atoms with Crippen molar-refractivity contribution < 1.29 is 40.9 Å². The fourth-order valence-electron chi connectivity index (χ4n) is 0.833. The number of carboxylic acid groups (broad SMARTS) is 1. The predicted octanol–water partition coefficient (Wildman–Crippen LogP) is -2.28. The van der Waals surface area contributed by atoms with Crippen LogP contribution in [0.1, 0.15) is 27.1 Å². The van der Waals surface area contributed by atoms with Gasteiger partial charge in [-0.1, -0.05) is 0 Å². The van der Waals surface area contributed by atoms with Crippen LogP contribution in [0.15, 0.2) is 0 Å². The molecule has 0 atom stereocenters. The van der Waals surface area contributed by atoms with Crippen LogP contribution in [0.3, 0.4) is 0 Å². The van der Waals surface area contributed by atoms with Gasteiger partial charge in [-0.3, -0.25) is 4.79 Å². The van der Waals surface area contributed by atoms with Gasteiger partial charge in [-0.15, -0.1) is 0 Å². The number of nitrogens with one attached hydrogen (secondary N) is 1. The van der Waals surface area contributed by atoms with Gasteiger partial charge in [0.2, 0.25) is 0 Å². The molecular weight excluding hydrogens is 153 g/mol. The minimum Gasteiger partial charge on any atom is -1.00 e. The first kappa shape index (κ1) is 11.4. The van der Waals surface area contributed by atoms with Crippen molar-refractivity contribution in [1.82, 2.24) is 5.32 Å². The maximum absolute atomic E-state index is 10.0. The zero-order valence-corrected chi connectivity index (χ0v) is 8.97. The minimum absolute atomic E-state index is 0. The van der Waals surface area contributed by atoms with Gasteiger partial charge >= 0.3 is 35.5 Å². The molecule has 0 saturated heterocycles. The van der Waals surface area contributed by atoms with E-state index in [9.17, 15) is 4.79 Å². The Morgan fingerprint density at radius 1 is 1.64 bits per heavy atom. The monoisotopic (exact) mass is 167 g/mol. The molecule has 1 fully saturated rings. The van der Waals surface area contributed by atoms with E-state index in [0.717, 1.165) is 13.0 Å². The Hall–Kier alpha value is 0.430. The SMILES string of the molecule is O=C(O)CCCNC1CC1.[H-].[Na+]. The standard InChI is InChI=1S/C7H13NO2.Na.H/c9-7(10)2-1-5-8-6-3-4-6;;/h6,8H,1-5H2,(H,9,10);;/q;+1;-1. The average Bonchev–Trinajstić information content (AvgIpc) is 2.62. The molecule has 0 spiro atoms. The molecule has 0 amide bonds. The van der Waals surface area contributed by atoms with E-state index in [1.165, 1.54) is 12.8 Å². The summed E-state index contributed by atoms with van der Waals surface area (Å²) in [6.45, 7) is 0.858. The van der Waals surface area contributed by atoms with Crippen LogP contribution in [0, 0.1) is 0 Å². The number of carbonyl (C=O) groups is 1. The molecule has 0 heterocycles. The van der Waals surface area contributed by atoms with Crippen molar-refractivity contribution in [2.45, 2.75) is 31.7 Å². The van der Waals surface area contributed by atoms with Crippen LogP contribution in [0.5, 0.6) is 0 Å². The van der Waals surface area contributed by atoms with Crippen molar-refractivity contribution in [2.24, 2.45) is 0 Å². The molecule has 0 unspecified atom stereocenters. The first-order chi connectivity index (χ1) is 4.79. The molecule has 1 aliphatic carbocycles. The van der Waals surface area contributed by atoms with E-state index < -0.39 is 5.97 Å². The second kappa shape index (κ2) is 6.00. The number of rotatable bonds is 5. The van der Waals surface area contributed by atoms with Gasteiger partial charge in [0.1, 0.15) is 0 Å². The van der Waals surface area contributed by atoms with Crippen LogP contribution < -0.4 is 34.9 Å². The van der Waals surface area contributed by atoms with Gasteiger partial charge in [0.15, 0.2) is 0 Å². The molecule has 0 radical (unpaired) electrons. The van der Waals surface area contributed by atoms with Gasteiger partial charge in [0, 0.05) is 12.5 Å². The molecule has 0 aliphatic heterocycles. The van der Waals surface area contributed by atoms with Gasteiger partial charge in [-0.2, -0.15) is 0 Å². The van der Waals surface area contributed by atoms with Crippen LogP contribution in [-0.4, -0.2) is 23.7 Å². The molecule has 1 rings (SSSR count). The second-order valence-corrected chi connectivity index (χ2v) is 2.73. The quantitative estimate of drug-likeness (QED) is 0.358. The molecule has 0 aromatic heterocycles. The van der Waals surface area contributed by atoms with Crippen molar-refractivity contribution in [3.05, 3.63) is 0 Å². The summed E-state index contributed by atoms with van der Waals surface area (Å²) in [5.41, 5.74) is 0. The first-order valence-electron chi connectivity index (χ1n) is 3.74. The molecule has 4 heteroatoms. The smallest absolute Gasteiger partial charge is 1.00 e. The van der Waals surface area contributed by atoms with E-state index in [0.29, 0.717) is 12.5 Å². The normalized spacial score (nSPS) is 15.6. The maximum Gasteiger partial charge on any atom is 1.00 e. The molecule has 11 heavy (non-hydrogen) atoms. The summed E-state index contributed by atoms with van der Waals surface area (Å²) in [6.07, 6.45) is 3.59. The van der Waals surface area contributed by atoms with Crippen molar-refractivity contribution in [3.8, 4) is 0 Å². The summed E-state index contributed by atoms with van der Waals surface area (Å²) < 4.78 is 0. The molecule has 60 valence electrons. The Balaban J connectivity index is 0. The number of carboxylic acids is 1. The Morgan fingerprint density at radius 2 is 2.27 bits per heavy atom. The zero-order valence-electron chi connectivity index (χ0n) is 7.97. The van der Waals surface area contributed by atoms with Crippen LogP contribution in [0.25, 0.3) is 0 Å². The van der Waals surface area contributed by atoms with Crippen LogP contribution >= 0.6 is 0 Å². The largest absolute Gasteiger partial charge is 1.00 e. The third-order valence-electron chi connectivity index (χ3n) is 1.58. The Kier molecular flexibility index (Phi) is 6.24. The molecule has 0 bridgehead atoms. The van der Waals surface area contributed by atoms with Gasteiger partial charge in [-0.25, -0.2) is 0 Å². The van der Waals surface area contributed by atoms with Crippen LogP contribution in [0.2, 0.25) is 0 Å². The summed E-state index contributed by atoms with van der Waals surface area (Å²) >= 11 is 0. The number of aliphatic carboxylic acids is 1. The molecular formula is C7H14NNaO2. The van der Waals surface area contributed by atoms with Crippen LogP contribution in [-0.2, 0) is 4.79 Å². The number of hydrogen-bond acceptors (Lipinski definition) is 2. The number of hydrogen-bond donors (Lipinski definition) is 2. The van der Waals surface area contributed by atoms with E-state index >= 15 is 0 Å². The van der Waals surface area contributed by atoms with Gasteiger partial charge in [0.25, 0.3) is 0 Å². The molecule has 0 aromatic carbocycles. The summed E-state index contributed by atoms with van der Waals surface area (Å²) in [6, 6.07) is 0.703. The molecule has 0 aromatic rings. The van der Waals surface area contributed by atoms with Crippen LogP contribution in [0.4, 0.5) is 0 Å². The van der Waals surface area contributed by atoms with Crippen molar-refractivity contribution in [1.29, 1.82) is 0 Å². The minimum atomic E-state index is -0.697. The average molecular weight is 167 g/mol. The van der Waals surface area contributed by atoms with E-state index in [2.05, 4.69) is 5.32 Å². The summed E-state index contributed by atoms with van der Waals surface area (Å²) in [5, 5.41) is 11.5. The molecule has 1 aliphatic rings. The summed E-state index contributed by atoms with van der Waals surface area (Å²) in [4.78, 5) is 10.0. The van der Waals surface area contributed by atoms with Crippen molar-refractivity contribution in [2.75, 3.05) is 6.54 Å². The summed E-state index contributed by atoms with van der Waals surface area (Å²) in [5.74, 6) is -0.697. The topological polar surface area (TPSA) is 49.3 Å². The van der Waals surface area contributed by atoms with Crippen molar-refractivity contribution in [3.63, 3.8) is 0 Å². The Bertz CT molecular complexity index is 131. The predicted molar refractivity (Wildman–Crippen MR) is 39.0 cm³/mol. The maximum atomic E-state index is 10.0. The van der Waals surface area contributed by atoms with Gasteiger partial charge in [-0.05, 0) is 25.8 Å². The summed E-state index contributed by atoms with van der Waals surface area (Å²) in [7, 11) is 0.